The molecule has 1 amide bonds. The van der Waals surface area contributed by atoms with Crippen LogP contribution in [-0.2, 0) is 13.1 Å². The van der Waals surface area contributed by atoms with Crippen LogP contribution in [0, 0.1) is 12.8 Å². The molecule has 0 spiro atoms. The largest absolute Gasteiger partial charge is 0.447 e. The van der Waals surface area contributed by atoms with Crippen molar-refractivity contribution in [1.82, 2.24) is 15.2 Å². The molecule has 0 radical (unpaired) electrons. The van der Waals surface area contributed by atoms with Gasteiger partial charge >= 0.3 is 0 Å². The van der Waals surface area contributed by atoms with Gasteiger partial charge in [-0.3, -0.25) is 9.69 Å². The zero-order valence-corrected chi connectivity index (χ0v) is 19.1. The van der Waals surface area contributed by atoms with Crippen LogP contribution in [0.25, 0.3) is 0 Å². The van der Waals surface area contributed by atoms with Gasteiger partial charge in [-0.25, -0.2) is 4.98 Å². The zero-order chi connectivity index (χ0) is 22.4. The lowest BCUT2D eigenvalue weighted by Gasteiger charge is -2.30. The Balaban J connectivity index is 1.69. The average Bonchev–Trinajstić information content (AvgIpc) is 3.22. The molecule has 2 atom stereocenters. The van der Waals surface area contributed by atoms with Gasteiger partial charge < -0.3 is 9.73 Å². The van der Waals surface area contributed by atoms with E-state index < -0.39 is 0 Å². The van der Waals surface area contributed by atoms with E-state index in [0.29, 0.717) is 30.1 Å². The summed E-state index contributed by atoms with van der Waals surface area (Å²) in [5, 5.41) is 2.99. The number of aryl methyl sites for hydroxylation is 1. The van der Waals surface area contributed by atoms with Crippen molar-refractivity contribution in [1.29, 1.82) is 0 Å². The van der Waals surface area contributed by atoms with Crippen LogP contribution in [0.15, 0.2) is 65.3 Å². The van der Waals surface area contributed by atoms with E-state index in [1.807, 2.05) is 37.3 Å². The number of nitrogens with one attached hydrogen (secondary N) is 1. The molecule has 1 N–H and O–H groups in total. The number of carbonyl (C=O) groups is 1. The summed E-state index contributed by atoms with van der Waals surface area (Å²) in [6, 6.07) is 18.7. The minimum Gasteiger partial charge on any atom is -0.447 e. The first kappa shape index (κ1) is 22.8. The Morgan fingerprint density at radius 2 is 1.77 bits per heavy atom. The Morgan fingerprint density at radius 1 is 1.03 bits per heavy atom. The third-order valence-electron chi connectivity index (χ3n) is 5.78. The first-order chi connectivity index (χ1) is 14.8. The van der Waals surface area contributed by atoms with Crippen molar-refractivity contribution in [2.75, 3.05) is 0 Å². The standard InChI is InChI=1S/C26H33N3O2/c1-18(2)21(5)29(15-22-11-9-10-19(3)14-22)16-25-28-24(17-31-25)26(30)27-20(4)23-12-7-6-8-13-23/h6-14,17-18,20-21H,15-16H2,1-5H3,(H,27,30). The number of amides is 1. The highest BCUT2D eigenvalue weighted by molar-refractivity contribution is 5.92. The summed E-state index contributed by atoms with van der Waals surface area (Å²) in [5.41, 5.74) is 3.87. The van der Waals surface area contributed by atoms with E-state index >= 15 is 0 Å². The van der Waals surface area contributed by atoms with Gasteiger partial charge in [-0.05, 0) is 37.8 Å². The van der Waals surface area contributed by atoms with Crippen LogP contribution in [-0.4, -0.2) is 21.8 Å². The summed E-state index contributed by atoms with van der Waals surface area (Å²) in [6.07, 6.45) is 1.45. The molecular formula is C26H33N3O2. The number of benzene rings is 2. The summed E-state index contributed by atoms with van der Waals surface area (Å²) < 4.78 is 5.68. The van der Waals surface area contributed by atoms with Crippen LogP contribution in [0.1, 0.15) is 66.8 Å². The van der Waals surface area contributed by atoms with Gasteiger partial charge in [0.2, 0.25) is 5.89 Å². The quantitative estimate of drug-likeness (QED) is 0.496. The molecule has 164 valence electrons. The van der Waals surface area contributed by atoms with Gasteiger partial charge in [0.25, 0.3) is 5.91 Å². The first-order valence-electron chi connectivity index (χ1n) is 10.9. The average molecular weight is 420 g/mol. The Morgan fingerprint density at radius 3 is 2.45 bits per heavy atom. The van der Waals surface area contributed by atoms with Crippen molar-refractivity contribution < 1.29 is 9.21 Å². The number of hydrogen-bond donors (Lipinski definition) is 1. The molecule has 5 heteroatoms. The zero-order valence-electron chi connectivity index (χ0n) is 19.1. The van der Waals surface area contributed by atoms with E-state index in [1.54, 1.807) is 0 Å². The highest BCUT2D eigenvalue weighted by atomic mass is 16.3. The van der Waals surface area contributed by atoms with Crippen LogP contribution >= 0.6 is 0 Å². The van der Waals surface area contributed by atoms with Crippen LogP contribution in [0.2, 0.25) is 0 Å². The summed E-state index contributed by atoms with van der Waals surface area (Å²) in [7, 11) is 0. The van der Waals surface area contributed by atoms with Crippen molar-refractivity contribution >= 4 is 5.91 Å². The van der Waals surface area contributed by atoms with Crippen LogP contribution in [0.4, 0.5) is 0 Å². The summed E-state index contributed by atoms with van der Waals surface area (Å²) in [5.74, 6) is 0.806. The van der Waals surface area contributed by atoms with Crippen LogP contribution in [0.5, 0.6) is 0 Å². The minimum absolute atomic E-state index is 0.104. The Hall–Kier alpha value is -2.92. The maximum absolute atomic E-state index is 12.7. The third-order valence-corrected chi connectivity index (χ3v) is 5.78. The van der Waals surface area contributed by atoms with Gasteiger partial charge in [0.05, 0.1) is 12.6 Å². The van der Waals surface area contributed by atoms with E-state index in [0.717, 1.165) is 12.1 Å². The van der Waals surface area contributed by atoms with Gasteiger partial charge in [0, 0.05) is 12.6 Å². The molecule has 1 heterocycles. The molecule has 3 aromatic rings. The number of hydrogen-bond acceptors (Lipinski definition) is 4. The molecule has 2 aromatic carbocycles. The third kappa shape index (κ3) is 6.28. The second-order valence-electron chi connectivity index (χ2n) is 8.61. The monoisotopic (exact) mass is 419 g/mol. The van der Waals surface area contributed by atoms with E-state index in [2.05, 4.69) is 67.2 Å². The smallest absolute Gasteiger partial charge is 0.273 e. The van der Waals surface area contributed by atoms with E-state index in [-0.39, 0.29) is 11.9 Å². The molecule has 0 saturated heterocycles. The Bertz CT molecular complexity index is 981. The number of oxazole rings is 1. The molecule has 0 aliphatic heterocycles. The molecule has 31 heavy (non-hydrogen) atoms. The second kappa shape index (κ2) is 10.4. The molecule has 0 aliphatic rings. The Kier molecular flexibility index (Phi) is 7.64. The van der Waals surface area contributed by atoms with Gasteiger partial charge in [-0.2, -0.15) is 0 Å². The highest BCUT2D eigenvalue weighted by Crippen LogP contribution is 2.19. The van der Waals surface area contributed by atoms with Crippen molar-refractivity contribution in [2.24, 2.45) is 5.92 Å². The van der Waals surface area contributed by atoms with E-state index in [9.17, 15) is 4.79 Å². The molecule has 2 unspecified atom stereocenters. The van der Waals surface area contributed by atoms with Crippen LogP contribution < -0.4 is 5.32 Å². The van der Waals surface area contributed by atoms with Gasteiger partial charge in [-0.15, -0.1) is 0 Å². The number of aromatic nitrogens is 1. The summed E-state index contributed by atoms with van der Waals surface area (Å²) in [4.78, 5) is 19.5. The molecule has 3 rings (SSSR count). The SMILES string of the molecule is Cc1cccc(CN(Cc2nc(C(=O)NC(C)c3ccccc3)co2)C(C)C(C)C)c1. The van der Waals surface area contributed by atoms with Gasteiger partial charge in [-0.1, -0.05) is 74.0 Å². The summed E-state index contributed by atoms with van der Waals surface area (Å²) >= 11 is 0. The molecule has 1 aromatic heterocycles. The Labute approximate surface area is 185 Å². The fraction of sp³-hybridized carbons (Fsp3) is 0.385. The number of nitrogens with zero attached hydrogens (tertiary/aromatic N) is 2. The fourth-order valence-electron chi connectivity index (χ4n) is 3.57. The minimum atomic E-state index is -0.228. The molecular weight excluding hydrogens is 386 g/mol. The molecule has 5 nitrogen and oxygen atoms in total. The fourth-order valence-corrected chi connectivity index (χ4v) is 3.57. The molecule has 0 fully saturated rings. The molecule has 0 aliphatic carbocycles. The summed E-state index contributed by atoms with van der Waals surface area (Å²) in [6.45, 7) is 12.1. The normalized spacial score (nSPS) is 13.4. The second-order valence-corrected chi connectivity index (χ2v) is 8.61. The predicted octanol–water partition coefficient (Wildman–Crippen LogP) is 5.52. The lowest BCUT2D eigenvalue weighted by Crippen LogP contribution is -2.36. The van der Waals surface area contributed by atoms with Crippen LogP contribution in [0.3, 0.4) is 0 Å². The maximum Gasteiger partial charge on any atom is 0.273 e. The lowest BCUT2D eigenvalue weighted by molar-refractivity contribution is 0.0934. The van der Waals surface area contributed by atoms with E-state index in [4.69, 9.17) is 4.42 Å². The first-order valence-corrected chi connectivity index (χ1v) is 10.9. The van der Waals surface area contributed by atoms with Crippen molar-refractivity contribution in [3.8, 4) is 0 Å². The van der Waals surface area contributed by atoms with Gasteiger partial charge in [0.15, 0.2) is 5.69 Å². The van der Waals surface area contributed by atoms with Crippen molar-refractivity contribution in [2.45, 2.75) is 59.8 Å². The van der Waals surface area contributed by atoms with E-state index in [1.165, 1.54) is 17.4 Å². The predicted molar refractivity (Wildman–Crippen MR) is 124 cm³/mol. The highest BCUT2D eigenvalue weighted by Gasteiger charge is 2.22. The number of carbonyl (C=O) groups excluding carboxylic acids is 1. The maximum atomic E-state index is 12.7. The number of rotatable bonds is 9. The topological polar surface area (TPSA) is 58.4 Å². The lowest BCUT2D eigenvalue weighted by atomic mass is 10.0. The van der Waals surface area contributed by atoms with Crippen molar-refractivity contribution in [3.63, 3.8) is 0 Å². The van der Waals surface area contributed by atoms with Crippen molar-refractivity contribution in [3.05, 3.63) is 89.1 Å². The van der Waals surface area contributed by atoms with Gasteiger partial charge in [0.1, 0.15) is 6.26 Å². The molecule has 0 bridgehead atoms. The molecule has 0 saturated carbocycles.